The Hall–Kier alpha value is -2.63. The third-order valence-corrected chi connectivity index (χ3v) is 4.46. The molecule has 1 aliphatic rings. The van der Waals surface area contributed by atoms with Crippen molar-refractivity contribution < 1.29 is 14.7 Å². The summed E-state index contributed by atoms with van der Waals surface area (Å²) < 4.78 is 1.78. The lowest BCUT2D eigenvalue weighted by Crippen LogP contribution is -2.21. The first-order valence-corrected chi connectivity index (χ1v) is 8.12. The van der Waals surface area contributed by atoms with Gasteiger partial charge in [0.05, 0.1) is 6.04 Å². The number of aromatic carboxylic acids is 1. The Morgan fingerprint density at radius 3 is 2.58 bits per heavy atom. The molecule has 0 radical (unpaired) electrons. The Kier molecular flexibility index (Phi) is 4.38. The second kappa shape index (κ2) is 6.47. The summed E-state index contributed by atoms with van der Waals surface area (Å²) >= 11 is 0. The number of amides is 1. The maximum atomic E-state index is 12.1. The van der Waals surface area contributed by atoms with E-state index >= 15 is 0 Å². The number of rotatable bonds is 4. The fraction of sp³-hybridized carbons (Fsp3) is 0.389. The van der Waals surface area contributed by atoms with Crippen LogP contribution in [0.2, 0.25) is 0 Å². The highest BCUT2D eigenvalue weighted by Gasteiger charge is 2.23. The molecule has 0 unspecified atom stereocenters. The van der Waals surface area contributed by atoms with Crippen molar-refractivity contribution in [1.29, 1.82) is 0 Å². The van der Waals surface area contributed by atoms with Crippen LogP contribution in [-0.2, 0) is 0 Å². The van der Waals surface area contributed by atoms with E-state index in [1.807, 2.05) is 6.07 Å². The third kappa shape index (κ3) is 3.04. The van der Waals surface area contributed by atoms with Gasteiger partial charge in [-0.05, 0) is 30.5 Å². The second-order valence-electron chi connectivity index (χ2n) is 6.40. The van der Waals surface area contributed by atoms with Crippen molar-refractivity contribution in [2.75, 3.05) is 14.1 Å². The van der Waals surface area contributed by atoms with Crippen LogP contribution in [0.15, 0.2) is 30.5 Å². The van der Waals surface area contributed by atoms with E-state index in [1.165, 1.54) is 4.90 Å². The zero-order valence-electron chi connectivity index (χ0n) is 13.9. The van der Waals surface area contributed by atoms with Crippen molar-refractivity contribution in [3.63, 3.8) is 0 Å². The number of carbonyl (C=O) groups is 2. The van der Waals surface area contributed by atoms with Crippen molar-refractivity contribution >= 4 is 11.9 Å². The summed E-state index contributed by atoms with van der Waals surface area (Å²) in [6.07, 6.45) is 6.15. The number of benzene rings is 1. The van der Waals surface area contributed by atoms with Gasteiger partial charge in [-0.3, -0.25) is 9.48 Å². The maximum Gasteiger partial charge on any atom is 0.357 e. The molecule has 0 aliphatic heterocycles. The largest absolute Gasteiger partial charge is 0.476 e. The average Bonchev–Trinajstić information content (AvgIpc) is 3.23. The molecule has 0 bridgehead atoms. The Bertz CT molecular complexity index is 774. The first-order valence-electron chi connectivity index (χ1n) is 8.12. The highest BCUT2D eigenvalue weighted by Crippen LogP contribution is 2.32. The smallest absolute Gasteiger partial charge is 0.357 e. The Balaban J connectivity index is 2.03. The minimum Gasteiger partial charge on any atom is -0.476 e. The van der Waals surface area contributed by atoms with E-state index in [9.17, 15) is 14.7 Å². The quantitative estimate of drug-likeness (QED) is 0.936. The molecule has 1 aliphatic carbocycles. The number of nitrogens with zero attached hydrogens (tertiary/aromatic N) is 3. The van der Waals surface area contributed by atoms with E-state index < -0.39 is 5.97 Å². The van der Waals surface area contributed by atoms with Gasteiger partial charge >= 0.3 is 5.97 Å². The number of aromatic nitrogens is 2. The molecule has 3 rings (SSSR count). The van der Waals surface area contributed by atoms with E-state index in [-0.39, 0.29) is 17.6 Å². The van der Waals surface area contributed by atoms with Gasteiger partial charge in [-0.2, -0.15) is 5.10 Å². The Morgan fingerprint density at radius 2 is 1.96 bits per heavy atom. The summed E-state index contributed by atoms with van der Waals surface area (Å²) in [6.45, 7) is 0. The van der Waals surface area contributed by atoms with Gasteiger partial charge in [-0.1, -0.05) is 25.0 Å². The molecule has 1 fully saturated rings. The molecule has 1 heterocycles. The van der Waals surface area contributed by atoms with Crippen LogP contribution in [0.25, 0.3) is 11.1 Å². The van der Waals surface area contributed by atoms with Crippen LogP contribution in [0.1, 0.15) is 52.6 Å². The third-order valence-electron chi connectivity index (χ3n) is 4.46. The van der Waals surface area contributed by atoms with Gasteiger partial charge in [-0.25, -0.2) is 4.79 Å². The number of hydrogen-bond donors (Lipinski definition) is 1. The number of hydrogen-bond acceptors (Lipinski definition) is 3. The predicted molar refractivity (Wildman–Crippen MR) is 90.1 cm³/mol. The summed E-state index contributed by atoms with van der Waals surface area (Å²) in [4.78, 5) is 25.2. The van der Waals surface area contributed by atoms with Gasteiger partial charge in [0.15, 0.2) is 5.69 Å². The van der Waals surface area contributed by atoms with Crippen molar-refractivity contribution in [3.8, 4) is 11.1 Å². The van der Waals surface area contributed by atoms with E-state index in [4.69, 9.17) is 0 Å². The molecule has 1 aromatic carbocycles. The number of carboxylic acids is 1. The fourth-order valence-electron chi connectivity index (χ4n) is 3.19. The molecule has 1 saturated carbocycles. The first kappa shape index (κ1) is 16.2. The van der Waals surface area contributed by atoms with Crippen molar-refractivity contribution in [1.82, 2.24) is 14.7 Å². The summed E-state index contributed by atoms with van der Waals surface area (Å²) in [5.74, 6) is -1.16. The molecule has 0 spiro atoms. The Labute approximate surface area is 140 Å². The van der Waals surface area contributed by atoms with Crippen LogP contribution < -0.4 is 0 Å². The topological polar surface area (TPSA) is 75.4 Å². The van der Waals surface area contributed by atoms with Gasteiger partial charge in [0, 0.05) is 31.4 Å². The normalized spacial score (nSPS) is 14.8. The summed E-state index contributed by atoms with van der Waals surface area (Å²) in [5, 5.41) is 13.8. The predicted octanol–water partition coefficient (Wildman–Crippen LogP) is 3.07. The molecule has 0 atom stereocenters. The van der Waals surface area contributed by atoms with Crippen molar-refractivity contribution in [2.24, 2.45) is 0 Å². The number of carboxylic acid groups (broad SMARTS) is 1. The lowest BCUT2D eigenvalue weighted by molar-refractivity contribution is 0.0689. The molecule has 0 saturated heterocycles. The van der Waals surface area contributed by atoms with Gasteiger partial charge in [0.2, 0.25) is 0 Å². The molecule has 6 heteroatoms. The first-order chi connectivity index (χ1) is 11.5. The molecular formula is C18H21N3O3. The van der Waals surface area contributed by atoms with E-state index in [1.54, 1.807) is 43.2 Å². The highest BCUT2D eigenvalue weighted by molar-refractivity contribution is 5.97. The summed E-state index contributed by atoms with van der Waals surface area (Å²) in [7, 11) is 3.38. The second-order valence-corrected chi connectivity index (χ2v) is 6.40. The Morgan fingerprint density at radius 1 is 1.25 bits per heavy atom. The molecule has 2 aromatic rings. The fourth-order valence-corrected chi connectivity index (χ4v) is 3.19. The molecule has 126 valence electrons. The molecule has 24 heavy (non-hydrogen) atoms. The minimum absolute atomic E-state index is 0.0383. The van der Waals surface area contributed by atoms with Crippen LogP contribution in [0, 0.1) is 0 Å². The van der Waals surface area contributed by atoms with Crippen LogP contribution in [0.4, 0.5) is 0 Å². The van der Waals surface area contributed by atoms with Gasteiger partial charge in [0.1, 0.15) is 0 Å². The average molecular weight is 327 g/mol. The van der Waals surface area contributed by atoms with Crippen LogP contribution in [0.5, 0.6) is 0 Å². The van der Waals surface area contributed by atoms with E-state index in [2.05, 4.69) is 5.10 Å². The van der Waals surface area contributed by atoms with Gasteiger partial charge < -0.3 is 10.0 Å². The van der Waals surface area contributed by atoms with E-state index in [0.29, 0.717) is 16.7 Å². The lowest BCUT2D eigenvalue weighted by Gasteiger charge is -2.11. The van der Waals surface area contributed by atoms with Crippen molar-refractivity contribution in [2.45, 2.75) is 31.7 Å². The molecular weight excluding hydrogens is 306 g/mol. The highest BCUT2D eigenvalue weighted by atomic mass is 16.4. The monoisotopic (exact) mass is 327 g/mol. The summed E-state index contributed by atoms with van der Waals surface area (Å²) in [6, 6.07) is 7.31. The molecule has 6 nitrogen and oxygen atoms in total. The molecule has 1 N–H and O–H groups in total. The standard InChI is InChI=1S/C18H21N3O3/c1-20(2)17(22)13-7-5-6-12(10-13)15-11-21(14-8-3-4-9-14)19-16(15)18(23)24/h5-7,10-11,14H,3-4,8-9H2,1-2H3,(H,23,24). The van der Waals surface area contributed by atoms with Gasteiger partial charge in [-0.15, -0.1) is 0 Å². The van der Waals surface area contributed by atoms with Crippen molar-refractivity contribution in [3.05, 3.63) is 41.7 Å². The molecule has 1 aromatic heterocycles. The summed E-state index contributed by atoms with van der Waals surface area (Å²) in [5.41, 5.74) is 1.82. The minimum atomic E-state index is -1.05. The SMILES string of the molecule is CN(C)C(=O)c1cccc(-c2cn(C3CCCC3)nc2C(=O)O)c1. The number of carbonyl (C=O) groups excluding carboxylic acids is 1. The lowest BCUT2D eigenvalue weighted by atomic mass is 10.0. The van der Waals surface area contributed by atoms with Gasteiger partial charge in [0.25, 0.3) is 5.91 Å². The maximum absolute atomic E-state index is 12.1. The van der Waals surface area contributed by atoms with Crippen LogP contribution in [-0.4, -0.2) is 45.8 Å². The zero-order valence-corrected chi connectivity index (χ0v) is 13.9. The molecule has 1 amide bonds. The van der Waals surface area contributed by atoms with Crippen LogP contribution in [0.3, 0.4) is 0 Å². The van der Waals surface area contributed by atoms with E-state index in [0.717, 1.165) is 25.7 Å². The van der Waals surface area contributed by atoms with Crippen LogP contribution >= 0.6 is 0 Å². The zero-order chi connectivity index (χ0) is 17.3.